The van der Waals surface area contributed by atoms with E-state index >= 15 is 0 Å². The van der Waals surface area contributed by atoms with E-state index in [-0.39, 0.29) is 40.7 Å². The fourth-order valence-electron chi connectivity index (χ4n) is 7.53. The molecule has 4 aliphatic carbocycles. The molecule has 8 heteroatoms. The average molecular weight is 426 g/mol. The van der Waals surface area contributed by atoms with Crippen molar-refractivity contribution < 1.29 is 31.8 Å². The molecule has 0 spiro atoms. The molecule has 0 heterocycles. The van der Waals surface area contributed by atoms with Crippen LogP contribution in [0.2, 0.25) is 0 Å². The highest BCUT2D eigenvalue weighted by Gasteiger charge is 2.63. The maximum absolute atomic E-state index is 12.4. The summed E-state index contributed by atoms with van der Waals surface area (Å²) in [4.78, 5) is 24.4. The predicted molar refractivity (Wildman–Crippen MR) is 102 cm³/mol. The Morgan fingerprint density at radius 1 is 1.28 bits per heavy atom. The number of carbonyl (C=O) groups is 2. The van der Waals surface area contributed by atoms with Crippen LogP contribution >= 0.6 is 0 Å². The number of aliphatic hydroxyl groups is 1. The number of hydrogen-bond donors (Lipinski definition) is 1. The lowest BCUT2D eigenvalue weighted by Gasteiger charge is -2.60. The molecule has 0 bridgehead atoms. The van der Waals surface area contributed by atoms with Gasteiger partial charge in [-0.15, -0.1) is 0 Å². The van der Waals surface area contributed by atoms with Gasteiger partial charge in [0.2, 0.25) is 10.4 Å². The molecule has 0 aromatic rings. The highest BCUT2D eigenvalue weighted by molar-refractivity contribution is 7.80. The van der Waals surface area contributed by atoms with Crippen LogP contribution in [0.15, 0.2) is 11.6 Å². The Balaban J connectivity index is 1.78. The van der Waals surface area contributed by atoms with Gasteiger partial charge in [0, 0.05) is 12.3 Å². The maximum Gasteiger partial charge on any atom is 0.217 e. The number of carbonyl (C=O) groups excluding carboxylic acids is 2. The summed E-state index contributed by atoms with van der Waals surface area (Å²) in [6, 6.07) is 0. The molecule has 4 aliphatic rings. The molecular weight excluding hydrogens is 396 g/mol. The van der Waals surface area contributed by atoms with E-state index in [1.165, 1.54) is 0 Å². The van der Waals surface area contributed by atoms with Crippen molar-refractivity contribution in [2.45, 2.75) is 64.9 Å². The van der Waals surface area contributed by atoms with Gasteiger partial charge in [0.15, 0.2) is 11.6 Å². The second-order valence-corrected chi connectivity index (χ2v) is 10.9. The number of ketones is 2. The van der Waals surface area contributed by atoms with Gasteiger partial charge in [-0.3, -0.25) is 13.8 Å². The molecule has 29 heavy (non-hydrogen) atoms. The minimum atomic E-state index is -4.92. The van der Waals surface area contributed by atoms with Crippen molar-refractivity contribution >= 4 is 22.0 Å². The van der Waals surface area contributed by atoms with Crippen LogP contribution in [0, 0.1) is 34.5 Å². The van der Waals surface area contributed by atoms with Crippen LogP contribution < -0.4 is 0 Å². The van der Waals surface area contributed by atoms with E-state index in [0.29, 0.717) is 25.7 Å². The molecule has 3 fully saturated rings. The van der Waals surface area contributed by atoms with E-state index in [4.69, 9.17) is 4.18 Å². The Labute approximate surface area is 171 Å². The SMILES string of the molecule is C[C@]12C[C@H](OS(=O)(=O)[O-])[C@H]3[C@@H](CCC4=CC(=O)CC[C@@]43C)[C@@H]1CC[C@@H]2C(=O)CO. The zero-order valence-electron chi connectivity index (χ0n) is 16.9. The second kappa shape index (κ2) is 6.97. The summed E-state index contributed by atoms with van der Waals surface area (Å²) >= 11 is 0. The Hall–Kier alpha value is -1.09. The van der Waals surface area contributed by atoms with E-state index < -0.39 is 28.5 Å². The van der Waals surface area contributed by atoms with Crippen molar-refractivity contribution in [1.82, 2.24) is 0 Å². The molecule has 3 saturated carbocycles. The molecule has 0 unspecified atom stereocenters. The third-order valence-corrected chi connectivity index (χ3v) is 9.14. The van der Waals surface area contributed by atoms with Gasteiger partial charge in [0.1, 0.15) is 6.61 Å². The van der Waals surface area contributed by atoms with Gasteiger partial charge in [0.05, 0.1) is 6.10 Å². The Kier molecular flexibility index (Phi) is 5.08. The molecule has 0 aromatic carbocycles. The quantitative estimate of drug-likeness (QED) is 0.541. The molecule has 7 nitrogen and oxygen atoms in total. The molecule has 0 saturated heterocycles. The zero-order chi connectivity index (χ0) is 21.2. The Morgan fingerprint density at radius 2 is 2.00 bits per heavy atom. The zero-order valence-corrected chi connectivity index (χ0v) is 17.7. The van der Waals surface area contributed by atoms with Gasteiger partial charge in [0.25, 0.3) is 0 Å². The summed E-state index contributed by atoms with van der Waals surface area (Å²) in [5, 5.41) is 9.44. The third-order valence-electron chi connectivity index (χ3n) is 8.66. The highest BCUT2D eigenvalue weighted by Crippen LogP contribution is 2.67. The van der Waals surface area contributed by atoms with Crippen LogP contribution in [0.3, 0.4) is 0 Å². The van der Waals surface area contributed by atoms with Crippen molar-refractivity contribution in [2.75, 3.05) is 6.61 Å². The summed E-state index contributed by atoms with van der Waals surface area (Å²) in [7, 11) is -4.92. The molecule has 0 aromatic heterocycles. The van der Waals surface area contributed by atoms with E-state index in [9.17, 15) is 27.7 Å². The van der Waals surface area contributed by atoms with Crippen molar-refractivity contribution in [3.8, 4) is 0 Å². The third kappa shape index (κ3) is 3.32. The van der Waals surface area contributed by atoms with Gasteiger partial charge in [-0.05, 0) is 73.2 Å². The van der Waals surface area contributed by atoms with Crippen LogP contribution in [-0.2, 0) is 24.2 Å². The summed E-state index contributed by atoms with van der Waals surface area (Å²) in [6.45, 7) is 3.54. The molecule has 0 amide bonds. The first kappa shape index (κ1) is 21.2. The molecule has 7 atom stereocenters. The van der Waals surface area contributed by atoms with Gasteiger partial charge in [-0.1, -0.05) is 19.4 Å². The molecule has 0 radical (unpaired) electrons. The number of rotatable bonds is 4. The molecule has 4 rings (SSSR count). The van der Waals surface area contributed by atoms with Crippen molar-refractivity contribution in [3.05, 3.63) is 11.6 Å². The van der Waals surface area contributed by atoms with Gasteiger partial charge in [-0.25, -0.2) is 8.42 Å². The lowest BCUT2D eigenvalue weighted by atomic mass is 9.46. The minimum absolute atomic E-state index is 0.0972. The van der Waals surface area contributed by atoms with E-state index in [2.05, 4.69) is 6.92 Å². The van der Waals surface area contributed by atoms with Crippen LogP contribution in [-0.4, -0.2) is 42.4 Å². The van der Waals surface area contributed by atoms with E-state index in [0.717, 1.165) is 24.8 Å². The maximum atomic E-state index is 12.4. The summed E-state index contributed by atoms with van der Waals surface area (Å²) in [5.41, 5.74) is 0.154. The summed E-state index contributed by atoms with van der Waals surface area (Å²) in [6.07, 6.45) is 5.30. The molecule has 0 aliphatic heterocycles. The van der Waals surface area contributed by atoms with Gasteiger partial charge < -0.3 is 9.66 Å². The largest absolute Gasteiger partial charge is 0.726 e. The Morgan fingerprint density at radius 3 is 2.66 bits per heavy atom. The van der Waals surface area contributed by atoms with E-state index in [1.807, 2.05) is 6.92 Å². The molecule has 1 N–H and O–H groups in total. The standard InChI is InChI=1S/C21H30O7S/c1-20-8-7-13(23)9-12(20)3-4-14-15-5-6-16(17(24)11-22)21(15,2)10-18(19(14)20)28-29(25,26)27/h9,14-16,18-19,22H,3-8,10-11H2,1-2H3,(H,25,26,27)/p-1/t14-,15-,16+,18-,19+,20-,21-/m0/s1. The average Bonchev–Trinajstić information content (AvgIpc) is 2.96. The topological polar surface area (TPSA) is 121 Å². The monoisotopic (exact) mass is 425 g/mol. The lowest BCUT2D eigenvalue weighted by molar-refractivity contribution is -0.143. The number of Topliss-reactive ketones (excluding diaryl/α,β-unsaturated/α-hetero) is 1. The van der Waals surface area contributed by atoms with Gasteiger partial charge >= 0.3 is 0 Å². The van der Waals surface area contributed by atoms with Crippen LogP contribution in [0.1, 0.15) is 58.8 Å². The summed E-state index contributed by atoms with van der Waals surface area (Å²) in [5.74, 6) is -0.328. The van der Waals surface area contributed by atoms with E-state index in [1.54, 1.807) is 6.08 Å². The molecular formula is C21H29O7S-. The Bertz CT molecular complexity index is 862. The van der Waals surface area contributed by atoms with Crippen LogP contribution in [0.25, 0.3) is 0 Å². The van der Waals surface area contributed by atoms with Crippen molar-refractivity contribution in [3.63, 3.8) is 0 Å². The second-order valence-electron chi connectivity index (χ2n) is 9.90. The summed E-state index contributed by atoms with van der Waals surface area (Å²) < 4.78 is 40.0. The normalized spacial score (nSPS) is 44.5. The highest BCUT2D eigenvalue weighted by atomic mass is 32.3. The minimum Gasteiger partial charge on any atom is -0.726 e. The number of hydrogen-bond acceptors (Lipinski definition) is 7. The first-order chi connectivity index (χ1) is 13.5. The number of allylic oxidation sites excluding steroid dienone is 1. The lowest BCUT2D eigenvalue weighted by Crippen LogP contribution is -2.58. The van der Waals surface area contributed by atoms with Crippen molar-refractivity contribution in [2.24, 2.45) is 34.5 Å². The van der Waals surface area contributed by atoms with Crippen LogP contribution in [0.5, 0.6) is 0 Å². The first-order valence-electron chi connectivity index (χ1n) is 10.5. The number of aliphatic hydroxyl groups excluding tert-OH is 1. The fourth-order valence-corrected chi connectivity index (χ4v) is 8.02. The van der Waals surface area contributed by atoms with Crippen LogP contribution in [0.4, 0.5) is 0 Å². The fraction of sp³-hybridized carbons (Fsp3) is 0.810. The first-order valence-corrected chi connectivity index (χ1v) is 11.8. The van der Waals surface area contributed by atoms with Gasteiger partial charge in [-0.2, -0.15) is 0 Å². The smallest absolute Gasteiger partial charge is 0.217 e. The predicted octanol–water partition coefficient (Wildman–Crippen LogP) is 2.15. The van der Waals surface area contributed by atoms with Crippen molar-refractivity contribution in [1.29, 1.82) is 0 Å². The molecule has 162 valence electrons. The number of fused-ring (bicyclic) bond motifs is 5.